The zero-order valence-electron chi connectivity index (χ0n) is 7.87. The van der Waals surface area contributed by atoms with Crippen LogP contribution in [0.1, 0.15) is 11.6 Å². The molecule has 0 fully saturated rings. The fourth-order valence-corrected chi connectivity index (χ4v) is 1.16. The second-order valence-corrected chi connectivity index (χ2v) is 2.70. The van der Waals surface area contributed by atoms with Crippen LogP contribution >= 0.6 is 12.4 Å². The number of ether oxygens (including phenoxy) is 1. The summed E-state index contributed by atoms with van der Waals surface area (Å²) >= 11 is 0. The number of hydrogen-bond acceptors (Lipinski definition) is 3. The van der Waals surface area contributed by atoms with Gasteiger partial charge in [-0.05, 0) is 6.07 Å². The van der Waals surface area contributed by atoms with Crippen LogP contribution in [0.15, 0.2) is 18.2 Å². The lowest BCUT2D eigenvalue weighted by molar-refractivity contribution is 0.378. The number of methoxy groups -OCH3 is 1. The molecule has 0 amide bonds. The van der Waals surface area contributed by atoms with Crippen molar-refractivity contribution in [2.75, 3.05) is 13.7 Å². The minimum atomic E-state index is -0.413. The summed E-state index contributed by atoms with van der Waals surface area (Å²) in [4.78, 5) is 0. The average Bonchev–Trinajstić information content (AvgIpc) is 2.16. The highest BCUT2D eigenvalue weighted by Gasteiger charge is 2.13. The molecule has 14 heavy (non-hydrogen) atoms. The standard InChI is InChI=1S/C9H13FN2O.ClH/c1-13-9-6(8(12)5-11)3-2-4-7(9)10;/h2-4,8H,5,11-12H2,1H3;1H/t8-;/m1./s1. The average molecular weight is 221 g/mol. The molecule has 0 heterocycles. The normalized spacial score (nSPS) is 11.7. The molecule has 0 spiro atoms. The van der Waals surface area contributed by atoms with Gasteiger partial charge < -0.3 is 16.2 Å². The Morgan fingerprint density at radius 2 is 2.14 bits per heavy atom. The number of hydrogen-bond donors (Lipinski definition) is 2. The van der Waals surface area contributed by atoms with Gasteiger partial charge in [-0.15, -0.1) is 12.4 Å². The topological polar surface area (TPSA) is 61.3 Å². The second-order valence-electron chi connectivity index (χ2n) is 2.70. The molecule has 1 rings (SSSR count). The van der Waals surface area contributed by atoms with Crippen LogP contribution in [0.25, 0.3) is 0 Å². The zero-order chi connectivity index (χ0) is 9.84. The maximum Gasteiger partial charge on any atom is 0.165 e. The van der Waals surface area contributed by atoms with Crippen molar-refractivity contribution < 1.29 is 9.13 Å². The quantitative estimate of drug-likeness (QED) is 0.805. The molecular weight excluding hydrogens is 207 g/mol. The van der Waals surface area contributed by atoms with E-state index < -0.39 is 5.82 Å². The summed E-state index contributed by atoms with van der Waals surface area (Å²) < 4.78 is 18.0. The van der Waals surface area contributed by atoms with Crippen molar-refractivity contribution in [1.29, 1.82) is 0 Å². The Kier molecular flexibility index (Phi) is 5.45. The number of rotatable bonds is 3. The molecule has 0 radical (unpaired) electrons. The highest BCUT2D eigenvalue weighted by molar-refractivity contribution is 5.85. The lowest BCUT2D eigenvalue weighted by atomic mass is 10.1. The number of halogens is 2. The van der Waals surface area contributed by atoms with Crippen molar-refractivity contribution in [3.63, 3.8) is 0 Å². The van der Waals surface area contributed by atoms with E-state index >= 15 is 0 Å². The van der Waals surface area contributed by atoms with Crippen LogP contribution in [0.4, 0.5) is 4.39 Å². The molecule has 0 aromatic heterocycles. The fourth-order valence-electron chi connectivity index (χ4n) is 1.16. The van der Waals surface area contributed by atoms with E-state index in [4.69, 9.17) is 16.2 Å². The van der Waals surface area contributed by atoms with Gasteiger partial charge in [0, 0.05) is 18.2 Å². The zero-order valence-corrected chi connectivity index (χ0v) is 8.68. The Bertz CT molecular complexity index is 296. The molecule has 1 atom stereocenters. The Morgan fingerprint density at radius 3 is 2.64 bits per heavy atom. The summed E-state index contributed by atoms with van der Waals surface area (Å²) in [7, 11) is 1.41. The van der Waals surface area contributed by atoms with E-state index in [1.165, 1.54) is 13.2 Å². The Morgan fingerprint density at radius 1 is 1.50 bits per heavy atom. The van der Waals surface area contributed by atoms with Crippen LogP contribution in [0.2, 0.25) is 0 Å². The predicted molar refractivity (Wildman–Crippen MR) is 56.2 cm³/mol. The van der Waals surface area contributed by atoms with Gasteiger partial charge in [0.25, 0.3) is 0 Å². The maximum atomic E-state index is 13.1. The van der Waals surface area contributed by atoms with Gasteiger partial charge in [0.2, 0.25) is 0 Å². The van der Waals surface area contributed by atoms with Gasteiger partial charge in [-0.2, -0.15) is 0 Å². The molecular formula is C9H14ClFN2O. The Labute approximate surface area is 88.6 Å². The number of nitrogens with two attached hydrogens (primary N) is 2. The van der Waals surface area contributed by atoms with E-state index in [0.717, 1.165) is 0 Å². The summed E-state index contributed by atoms with van der Waals surface area (Å²) in [6.07, 6.45) is 0. The number of para-hydroxylation sites is 1. The maximum absolute atomic E-state index is 13.1. The first-order chi connectivity index (χ1) is 6.20. The predicted octanol–water partition coefficient (Wildman–Crippen LogP) is 1.21. The van der Waals surface area contributed by atoms with Crippen molar-refractivity contribution in [2.45, 2.75) is 6.04 Å². The summed E-state index contributed by atoms with van der Waals surface area (Å²) in [5.74, 6) is -0.232. The molecule has 0 aliphatic carbocycles. The van der Waals surface area contributed by atoms with Crippen LogP contribution in [0.5, 0.6) is 5.75 Å². The summed E-state index contributed by atoms with van der Waals surface area (Å²) in [5.41, 5.74) is 11.6. The smallest absolute Gasteiger partial charge is 0.165 e. The molecule has 0 saturated heterocycles. The molecule has 0 aliphatic rings. The lowest BCUT2D eigenvalue weighted by Crippen LogP contribution is -2.21. The SMILES string of the molecule is COc1c(F)cccc1[C@H](N)CN.Cl. The molecule has 4 N–H and O–H groups in total. The Balaban J connectivity index is 0.00000169. The lowest BCUT2D eigenvalue weighted by Gasteiger charge is -2.13. The van der Waals surface area contributed by atoms with Gasteiger partial charge in [-0.1, -0.05) is 12.1 Å². The van der Waals surface area contributed by atoms with Crippen molar-refractivity contribution in [2.24, 2.45) is 11.5 Å². The van der Waals surface area contributed by atoms with E-state index in [1.807, 2.05) is 0 Å². The van der Waals surface area contributed by atoms with E-state index in [0.29, 0.717) is 5.56 Å². The van der Waals surface area contributed by atoms with E-state index in [1.54, 1.807) is 12.1 Å². The fraction of sp³-hybridized carbons (Fsp3) is 0.333. The molecule has 80 valence electrons. The molecule has 1 aromatic rings. The first-order valence-electron chi connectivity index (χ1n) is 3.98. The van der Waals surface area contributed by atoms with Crippen molar-refractivity contribution >= 4 is 12.4 Å². The van der Waals surface area contributed by atoms with Crippen molar-refractivity contribution in [3.05, 3.63) is 29.6 Å². The van der Waals surface area contributed by atoms with Crippen LogP contribution in [-0.4, -0.2) is 13.7 Å². The summed E-state index contributed by atoms with van der Waals surface area (Å²) in [6.45, 7) is 0.264. The van der Waals surface area contributed by atoms with Crippen molar-refractivity contribution in [3.8, 4) is 5.75 Å². The first kappa shape index (κ1) is 13.2. The summed E-state index contributed by atoms with van der Waals surface area (Å²) in [5, 5.41) is 0. The van der Waals surface area contributed by atoms with Gasteiger partial charge in [0.15, 0.2) is 11.6 Å². The molecule has 0 aliphatic heterocycles. The van der Waals surface area contributed by atoms with E-state index in [2.05, 4.69) is 0 Å². The minimum Gasteiger partial charge on any atom is -0.493 e. The Hall–Kier alpha value is -0.840. The van der Waals surface area contributed by atoms with Crippen LogP contribution in [0, 0.1) is 5.82 Å². The third-order valence-corrected chi connectivity index (χ3v) is 1.85. The molecule has 0 bridgehead atoms. The first-order valence-corrected chi connectivity index (χ1v) is 3.98. The number of benzene rings is 1. The second kappa shape index (κ2) is 5.80. The summed E-state index contributed by atoms with van der Waals surface area (Å²) in [6, 6.07) is 4.24. The minimum absolute atomic E-state index is 0. The van der Waals surface area contributed by atoms with Crippen molar-refractivity contribution in [1.82, 2.24) is 0 Å². The van der Waals surface area contributed by atoms with Gasteiger partial charge >= 0.3 is 0 Å². The van der Waals surface area contributed by atoms with Crippen LogP contribution in [-0.2, 0) is 0 Å². The highest BCUT2D eigenvalue weighted by atomic mass is 35.5. The molecule has 5 heteroatoms. The van der Waals surface area contributed by atoms with Gasteiger partial charge in [0.05, 0.1) is 7.11 Å². The molecule has 0 saturated carbocycles. The molecule has 3 nitrogen and oxygen atoms in total. The third kappa shape index (κ3) is 2.57. The van der Waals surface area contributed by atoms with E-state index in [9.17, 15) is 4.39 Å². The van der Waals surface area contributed by atoms with Crippen LogP contribution < -0.4 is 16.2 Å². The molecule has 1 aromatic carbocycles. The van der Waals surface area contributed by atoms with Crippen LogP contribution in [0.3, 0.4) is 0 Å². The van der Waals surface area contributed by atoms with Gasteiger partial charge in [0.1, 0.15) is 0 Å². The largest absolute Gasteiger partial charge is 0.493 e. The third-order valence-electron chi connectivity index (χ3n) is 1.85. The van der Waals surface area contributed by atoms with Gasteiger partial charge in [-0.3, -0.25) is 0 Å². The van der Waals surface area contributed by atoms with E-state index in [-0.39, 0.29) is 30.7 Å². The van der Waals surface area contributed by atoms with Gasteiger partial charge in [-0.25, -0.2) is 4.39 Å². The highest BCUT2D eigenvalue weighted by Crippen LogP contribution is 2.25. The monoisotopic (exact) mass is 220 g/mol. The molecule has 0 unspecified atom stereocenters.